The van der Waals surface area contributed by atoms with Crippen molar-refractivity contribution in [3.8, 4) is 0 Å². The maximum Gasteiger partial charge on any atom is 0.319 e. The summed E-state index contributed by atoms with van der Waals surface area (Å²) in [6.07, 6.45) is 1.72. The summed E-state index contributed by atoms with van der Waals surface area (Å²) >= 11 is 1.48. The molecule has 1 aromatic carbocycles. The van der Waals surface area contributed by atoms with E-state index in [0.29, 0.717) is 0 Å². The van der Waals surface area contributed by atoms with E-state index in [9.17, 15) is 9.90 Å². The van der Waals surface area contributed by atoms with Crippen molar-refractivity contribution < 1.29 is 9.90 Å². The molecule has 5 heteroatoms. The minimum Gasteiger partial charge on any atom is -0.383 e. The molecule has 2 rings (SSSR count). The largest absolute Gasteiger partial charge is 0.383 e. The van der Waals surface area contributed by atoms with Gasteiger partial charge in [0.1, 0.15) is 5.60 Å². The summed E-state index contributed by atoms with van der Waals surface area (Å²) in [4.78, 5) is 13.1. The summed E-state index contributed by atoms with van der Waals surface area (Å²) in [5, 5.41) is 18.1. The molecule has 1 unspecified atom stereocenters. The quantitative estimate of drug-likeness (QED) is 0.751. The van der Waals surface area contributed by atoms with Crippen LogP contribution in [0.3, 0.4) is 0 Å². The summed E-state index contributed by atoms with van der Waals surface area (Å²) in [5.41, 5.74) is 2.04. The average Bonchev–Trinajstić information content (AvgIpc) is 3.08. The van der Waals surface area contributed by atoms with Gasteiger partial charge in [-0.3, -0.25) is 0 Å². The zero-order chi connectivity index (χ0) is 16.9. The number of carbonyl (C=O) groups is 1. The lowest BCUT2D eigenvalue weighted by Crippen LogP contribution is -2.40. The molecule has 0 aliphatic carbocycles. The van der Waals surface area contributed by atoms with Gasteiger partial charge in [-0.2, -0.15) is 0 Å². The molecule has 124 valence electrons. The predicted octanol–water partition coefficient (Wildman–Crippen LogP) is 3.90. The SMILES string of the molecule is CCc1cccc(CC)c1NC(=O)NCC(C)(O)c1cccs1. The topological polar surface area (TPSA) is 61.4 Å². The number of urea groups is 1. The van der Waals surface area contributed by atoms with Gasteiger partial charge in [-0.25, -0.2) is 4.79 Å². The molecule has 0 saturated carbocycles. The molecule has 1 aromatic heterocycles. The monoisotopic (exact) mass is 332 g/mol. The number of aryl methyl sites for hydroxylation is 2. The molecule has 0 aliphatic heterocycles. The lowest BCUT2D eigenvalue weighted by atomic mass is 10.0. The molecule has 23 heavy (non-hydrogen) atoms. The second-order valence-electron chi connectivity index (χ2n) is 5.72. The smallest absolute Gasteiger partial charge is 0.319 e. The number of hydrogen-bond donors (Lipinski definition) is 3. The van der Waals surface area contributed by atoms with Crippen LogP contribution in [0.1, 0.15) is 36.8 Å². The average molecular weight is 332 g/mol. The van der Waals surface area contributed by atoms with Crippen LogP contribution in [-0.2, 0) is 18.4 Å². The molecular formula is C18H24N2O2S. The van der Waals surface area contributed by atoms with Crippen molar-refractivity contribution in [2.75, 3.05) is 11.9 Å². The zero-order valence-electron chi connectivity index (χ0n) is 13.8. The fraction of sp³-hybridized carbons (Fsp3) is 0.389. The van der Waals surface area contributed by atoms with Crippen LogP contribution in [0.15, 0.2) is 35.7 Å². The minimum atomic E-state index is -1.07. The Morgan fingerprint density at radius 2 is 1.83 bits per heavy atom. The van der Waals surface area contributed by atoms with Gasteiger partial charge in [-0.1, -0.05) is 38.1 Å². The molecule has 0 fully saturated rings. The maximum absolute atomic E-state index is 12.2. The van der Waals surface area contributed by atoms with Crippen LogP contribution in [0.4, 0.5) is 10.5 Å². The predicted molar refractivity (Wildman–Crippen MR) is 96.1 cm³/mol. The van der Waals surface area contributed by atoms with Crippen LogP contribution in [0, 0.1) is 0 Å². The van der Waals surface area contributed by atoms with Crippen molar-refractivity contribution in [3.63, 3.8) is 0 Å². The van der Waals surface area contributed by atoms with Gasteiger partial charge in [0.2, 0.25) is 0 Å². The highest BCUT2D eigenvalue weighted by molar-refractivity contribution is 7.10. The normalized spacial score (nSPS) is 13.4. The number of hydrogen-bond acceptors (Lipinski definition) is 3. The van der Waals surface area contributed by atoms with Crippen LogP contribution in [0.2, 0.25) is 0 Å². The van der Waals surface area contributed by atoms with Crippen molar-refractivity contribution in [2.24, 2.45) is 0 Å². The first-order valence-electron chi connectivity index (χ1n) is 7.90. The van der Waals surface area contributed by atoms with Gasteiger partial charge in [-0.15, -0.1) is 11.3 Å². The second kappa shape index (κ2) is 7.62. The highest BCUT2D eigenvalue weighted by Gasteiger charge is 2.25. The van der Waals surface area contributed by atoms with E-state index in [-0.39, 0.29) is 12.6 Å². The van der Waals surface area contributed by atoms with E-state index in [1.54, 1.807) is 6.92 Å². The molecular weight excluding hydrogens is 308 g/mol. The molecule has 0 bridgehead atoms. The molecule has 1 atom stereocenters. The van der Waals surface area contributed by atoms with Gasteiger partial charge in [0.25, 0.3) is 0 Å². The van der Waals surface area contributed by atoms with Crippen LogP contribution in [-0.4, -0.2) is 17.7 Å². The van der Waals surface area contributed by atoms with Crippen molar-refractivity contribution in [2.45, 2.75) is 39.2 Å². The Hall–Kier alpha value is -1.85. The van der Waals surface area contributed by atoms with Crippen molar-refractivity contribution in [1.29, 1.82) is 0 Å². The Balaban J connectivity index is 2.03. The van der Waals surface area contributed by atoms with Crippen molar-refractivity contribution in [1.82, 2.24) is 5.32 Å². The third-order valence-corrected chi connectivity index (χ3v) is 5.01. The Morgan fingerprint density at radius 1 is 1.17 bits per heavy atom. The number of nitrogens with one attached hydrogen (secondary N) is 2. The first-order valence-corrected chi connectivity index (χ1v) is 8.77. The number of carbonyl (C=O) groups excluding carboxylic acids is 1. The first-order chi connectivity index (χ1) is 11.0. The third-order valence-electron chi connectivity index (χ3n) is 3.88. The van der Waals surface area contributed by atoms with Gasteiger partial charge in [0.05, 0.1) is 6.54 Å². The van der Waals surface area contributed by atoms with E-state index in [0.717, 1.165) is 34.5 Å². The summed E-state index contributed by atoms with van der Waals surface area (Å²) < 4.78 is 0. The summed E-state index contributed by atoms with van der Waals surface area (Å²) in [6.45, 7) is 6.00. The van der Waals surface area contributed by atoms with Crippen molar-refractivity contribution in [3.05, 3.63) is 51.7 Å². The second-order valence-corrected chi connectivity index (χ2v) is 6.66. The van der Waals surface area contributed by atoms with Gasteiger partial charge < -0.3 is 15.7 Å². The first kappa shape index (κ1) is 17.5. The molecule has 4 nitrogen and oxygen atoms in total. The molecule has 0 radical (unpaired) electrons. The minimum absolute atomic E-state index is 0.162. The number of amides is 2. The number of para-hydroxylation sites is 1. The third kappa shape index (κ3) is 4.33. The fourth-order valence-electron chi connectivity index (χ4n) is 2.49. The molecule has 0 saturated heterocycles. The summed E-state index contributed by atoms with van der Waals surface area (Å²) in [7, 11) is 0. The molecule has 1 heterocycles. The lowest BCUT2D eigenvalue weighted by molar-refractivity contribution is 0.0637. The zero-order valence-corrected chi connectivity index (χ0v) is 14.7. The molecule has 3 N–H and O–H groups in total. The summed E-state index contributed by atoms with van der Waals surface area (Å²) in [6, 6.07) is 9.53. The Bertz CT molecular complexity index is 629. The van der Waals surface area contributed by atoms with Crippen LogP contribution < -0.4 is 10.6 Å². The number of aliphatic hydroxyl groups is 1. The molecule has 2 aromatic rings. The van der Waals surface area contributed by atoms with E-state index in [1.165, 1.54) is 11.3 Å². The van der Waals surface area contributed by atoms with E-state index < -0.39 is 5.60 Å². The van der Waals surface area contributed by atoms with Gasteiger partial charge >= 0.3 is 6.03 Å². The fourth-order valence-corrected chi connectivity index (χ4v) is 3.27. The number of rotatable bonds is 6. The van der Waals surface area contributed by atoms with Gasteiger partial charge in [0, 0.05) is 10.6 Å². The highest BCUT2D eigenvalue weighted by atomic mass is 32.1. The Labute approximate surface area is 141 Å². The van der Waals surface area contributed by atoms with Crippen molar-refractivity contribution >= 4 is 23.1 Å². The van der Waals surface area contributed by atoms with E-state index >= 15 is 0 Å². The maximum atomic E-state index is 12.2. The molecule has 2 amide bonds. The number of benzene rings is 1. The Morgan fingerprint density at radius 3 is 2.35 bits per heavy atom. The molecule has 0 spiro atoms. The Kier molecular flexibility index (Phi) is 5.80. The highest BCUT2D eigenvalue weighted by Crippen LogP contribution is 2.25. The lowest BCUT2D eigenvalue weighted by Gasteiger charge is -2.23. The van der Waals surface area contributed by atoms with E-state index in [2.05, 4.69) is 24.5 Å². The van der Waals surface area contributed by atoms with E-state index in [1.807, 2.05) is 35.7 Å². The van der Waals surface area contributed by atoms with Crippen LogP contribution in [0.5, 0.6) is 0 Å². The number of thiophene rings is 1. The van der Waals surface area contributed by atoms with E-state index in [4.69, 9.17) is 0 Å². The summed E-state index contributed by atoms with van der Waals surface area (Å²) in [5.74, 6) is 0. The standard InChI is InChI=1S/C18H24N2O2S/c1-4-13-8-6-9-14(5-2)16(13)20-17(21)19-12-18(3,22)15-10-7-11-23-15/h6-11,22H,4-5,12H2,1-3H3,(H2,19,20,21). The van der Waals surface area contributed by atoms with Gasteiger partial charge in [-0.05, 0) is 42.3 Å². The van der Waals surface area contributed by atoms with Crippen LogP contribution >= 0.6 is 11.3 Å². The van der Waals surface area contributed by atoms with Crippen LogP contribution in [0.25, 0.3) is 0 Å². The number of anilines is 1. The van der Waals surface area contributed by atoms with Gasteiger partial charge in [0.15, 0.2) is 0 Å². The molecule has 0 aliphatic rings.